The number of pyridine rings is 1. The van der Waals surface area contributed by atoms with Gasteiger partial charge >= 0.3 is 5.97 Å². The summed E-state index contributed by atoms with van der Waals surface area (Å²) in [7, 11) is 0. The molecule has 1 aromatic heterocycles. The van der Waals surface area contributed by atoms with E-state index in [4.69, 9.17) is 5.11 Å². The van der Waals surface area contributed by atoms with Gasteiger partial charge in [0.2, 0.25) is 0 Å². The largest absolute Gasteiger partial charge is 0.478 e. The second-order valence-corrected chi connectivity index (χ2v) is 5.39. The van der Waals surface area contributed by atoms with Gasteiger partial charge in [-0.1, -0.05) is 26.8 Å². The van der Waals surface area contributed by atoms with E-state index < -0.39 is 5.97 Å². The average molecular weight is 262 g/mol. The Balaban J connectivity index is 2.66. The first-order chi connectivity index (χ1) is 8.78. The molecule has 0 radical (unpaired) electrons. The first kappa shape index (κ1) is 14.9. The number of hydrogen-bond donors (Lipinski definition) is 2. The van der Waals surface area contributed by atoms with Crippen LogP contribution in [0.4, 0.5) is 0 Å². The van der Waals surface area contributed by atoms with Crippen molar-refractivity contribution in [2.75, 3.05) is 6.54 Å². The summed E-state index contributed by atoms with van der Waals surface area (Å²) in [6.07, 6.45) is 3.91. The summed E-state index contributed by atoms with van der Waals surface area (Å²) in [5.41, 5.74) is 0.964. The Kier molecular flexibility index (Phi) is 4.80. The molecule has 0 unspecified atom stereocenters. The summed E-state index contributed by atoms with van der Waals surface area (Å²) < 4.78 is 0. The number of carboxylic acids is 1. The molecule has 1 aromatic rings. The Hall–Kier alpha value is -2.17. The van der Waals surface area contributed by atoms with Crippen LogP contribution in [0.3, 0.4) is 0 Å². The summed E-state index contributed by atoms with van der Waals surface area (Å²) in [5.74, 6) is -1.25. The van der Waals surface area contributed by atoms with Gasteiger partial charge in [-0.3, -0.25) is 9.78 Å². The molecule has 5 heteroatoms. The first-order valence-electron chi connectivity index (χ1n) is 5.93. The van der Waals surface area contributed by atoms with Gasteiger partial charge in [0.25, 0.3) is 5.91 Å². The highest BCUT2D eigenvalue weighted by molar-refractivity contribution is 5.92. The van der Waals surface area contributed by atoms with E-state index in [9.17, 15) is 9.59 Å². The van der Waals surface area contributed by atoms with Gasteiger partial charge in [0.05, 0.1) is 0 Å². The zero-order valence-electron chi connectivity index (χ0n) is 11.3. The van der Waals surface area contributed by atoms with Crippen LogP contribution in [0.2, 0.25) is 0 Å². The minimum atomic E-state index is -1.02. The van der Waals surface area contributed by atoms with Crippen molar-refractivity contribution in [1.82, 2.24) is 10.3 Å². The van der Waals surface area contributed by atoms with Crippen LogP contribution in [0, 0.1) is 5.41 Å². The van der Waals surface area contributed by atoms with E-state index in [1.54, 1.807) is 12.1 Å². The lowest BCUT2D eigenvalue weighted by Gasteiger charge is -2.18. The number of nitrogens with one attached hydrogen (secondary N) is 1. The number of aliphatic carboxylic acids is 1. The second kappa shape index (κ2) is 6.13. The standard InChI is InChI=1S/C14H18N2O3/c1-14(2,3)9-16-13(19)11-6-4-10(8-15-11)5-7-12(17)18/h4-8H,9H2,1-3H3,(H,16,19)(H,17,18). The molecule has 0 bridgehead atoms. The summed E-state index contributed by atoms with van der Waals surface area (Å²) in [4.78, 5) is 26.1. The summed E-state index contributed by atoms with van der Waals surface area (Å²) in [6.45, 7) is 6.65. The third kappa shape index (κ3) is 5.81. The molecule has 0 atom stereocenters. The molecule has 102 valence electrons. The fraction of sp³-hybridized carbons (Fsp3) is 0.357. The number of carbonyl (C=O) groups excluding carboxylic acids is 1. The van der Waals surface area contributed by atoms with Crippen LogP contribution in [0.1, 0.15) is 36.8 Å². The van der Waals surface area contributed by atoms with Crippen LogP contribution in [-0.4, -0.2) is 28.5 Å². The van der Waals surface area contributed by atoms with Crippen molar-refractivity contribution < 1.29 is 14.7 Å². The predicted octanol–water partition coefficient (Wildman–Crippen LogP) is 1.96. The normalized spacial score (nSPS) is 11.5. The molecule has 1 amide bonds. The third-order valence-corrected chi connectivity index (χ3v) is 2.22. The Morgan fingerprint density at radius 1 is 1.37 bits per heavy atom. The Labute approximate surface area is 112 Å². The molecule has 1 heterocycles. The van der Waals surface area contributed by atoms with E-state index in [1.165, 1.54) is 12.3 Å². The monoisotopic (exact) mass is 262 g/mol. The molecular formula is C14H18N2O3. The minimum absolute atomic E-state index is 0.0137. The topological polar surface area (TPSA) is 79.3 Å². The molecule has 0 aliphatic rings. The third-order valence-electron chi connectivity index (χ3n) is 2.22. The van der Waals surface area contributed by atoms with Crippen molar-refractivity contribution in [2.24, 2.45) is 5.41 Å². The average Bonchev–Trinajstić information content (AvgIpc) is 2.33. The number of carboxylic acid groups (broad SMARTS) is 1. The Morgan fingerprint density at radius 2 is 2.05 bits per heavy atom. The maximum absolute atomic E-state index is 11.8. The van der Waals surface area contributed by atoms with Gasteiger partial charge in [-0.05, 0) is 23.1 Å². The summed E-state index contributed by atoms with van der Waals surface area (Å²) >= 11 is 0. The van der Waals surface area contributed by atoms with Crippen molar-refractivity contribution in [3.8, 4) is 0 Å². The first-order valence-corrected chi connectivity index (χ1v) is 5.93. The lowest BCUT2D eigenvalue weighted by molar-refractivity contribution is -0.131. The highest BCUT2D eigenvalue weighted by Crippen LogP contribution is 2.10. The van der Waals surface area contributed by atoms with E-state index >= 15 is 0 Å². The molecule has 2 N–H and O–H groups in total. The van der Waals surface area contributed by atoms with Gasteiger partial charge in [-0.25, -0.2) is 4.79 Å². The quantitative estimate of drug-likeness (QED) is 0.813. The number of amides is 1. The van der Waals surface area contributed by atoms with Crippen LogP contribution >= 0.6 is 0 Å². The zero-order chi connectivity index (χ0) is 14.5. The molecule has 0 aromatic carbocycles. The van der Waals surface area contributed by atoms with Gasteiger partial charge in [0.15, 0.2) is 0 Å². The van der Waals surface area contributed by atoms with Crippen LogP contribution < -0.4 is 5.32 Å². The lowest BCUT2D eigenvalue weighted by Crippen LogP contribution is -2.32. The van der Waals surface area contributed by atoms with Crippen molar-refractivity contribution in [3.05, 3.63) is 35.7 Å². The molecule has 0 saturated carbocycles. The van der Waals surface area contributed by atoms with Crippen molar-refractivity contribution in [2.45, 2.75) is 20.8 Å². The Bertz CT molecular complexity index is 484. The van der Waals surface area contributed by atoms with E-state index in [2.05, 4.69) is 10.3 Å². The van der Waals surface area contributed by atoms with Crippen molar-refractivity contribution >= 4 is 18.0 Å². The molecule has 1 rings (SSSR count). The highest BCUT2D eigenvalue weighted by atomic mass is 16.4. The van der Waals surface area contributed by atoms with Gasteiger partial charge in [0, 0.05) is 18.8 Å². The molecule has 0 fully saturated rings. The van der Waals surface area contributed by atoms with Crippen molar-refractivity contribution in [3.63, 3.8) is 0 Å². The van der Waals surface area contributed by atoms with Crippen LogP contribution in [0.15, 0.2) is 24.4 Å². The van der Waals surface area contributed by atoms with Gasteiger partial charge in [-0.2, -0.15) is 0 Å². The summed E-state index contributed by atoms with van der Waals surface area (Å²) in [5, 5.41) is 11.3. The molecule has 19 heavy (non-hydrogen) atoms. The summed E-state index contributed by atoms with van der Waals surface area (Å²) in [6, 6.07) is 3.22. The number of carbonyl (C=O) groups is 2. The predicted molar refractivity (Wildman–Crippen MR) is 72.7 cm³/mol. The van der Waals surface area contributed by atoms with Gasteiger partial charge in [-0.15, -0.1) is 0 Å². The van der Waals surface area contributed by atoms with Crippen molar-refractivity contribution in [1.29, 1.82) is 0 Å². The van der Waals surface area contributed by atoms with E-state index in [-0.39, 0.29) is 11.3 Å². The smallest absolute Gasteiger partial charge is 0.328 e. The molecule has 5 nitrogen and oxygen atoms in total. The molecule has 0 spiro atoms. The minimum Gasteiger partial charge on any atom is -0.478 e. The van der Waals surface area contributed by atoms with Gasteiger partial charge in [0.1, 0.15) is 5.69 Å². The molecule has 0 saturated heterocycles. The SMILES string of the molecule is CC(C)(C)CNC(=O)c1ccc(C=CC(=O)O)cn1. The maximum atomic E-state index is 11.8. The Morgan fingerprint density at radius 3 is 2.53 bits per heavy atom. The fourth-order valence-electron chi connectivity index (χ4n) is 1.24. The molecular weight excluding hydrogens is 244 g/mol. The van der Waals surface area contributed by atoms with Gasteiger partial charge < -0.3 is 10.4 Å². The highest BCUT2D eigenvalue weighted by Gasteiger charge is 2.13. The molecule has 0 aliphatic carbocycles. The van der Waals surface area contributed by atoms with E-state index in [0.717, 1.165) is 6.08 Å². The fourth-order valence-corrected chi connectivity index (χ4v) is 1.24. The number of hydrogen-bond acceptors (Lipinski definition) is 3. The van der Waals surface area contributed by atoms with Crippen LogP contribution in [0.5, 0.6) is 0 Å². The van der Waals surface area contributed by atoms with E-state index in [1.807, 2.05) is 20.8 Å². The van der Waals surface area contributed by atoms with Crippen LogP contribution in [0.25, 0.3) is 6.08 Å². The maximum Gasteiger partial charge on any atom is 0.328 e. The second-order valence-electron chi connectivity index (χ2n) is 5.39. The molecule has 0 aliphatic heterocycles. The van der Waals surface area contributed by atoms with E-state index in [0.29, 0.717) is 17.8 Å². The number of rotatable bonds is 4. The zero-order valence-corrected chi connectivity index (χ0v) is 11.3. The lowest BCUT2D eigenvalue weighted by atomic mass is 9.97. The number of aromatic nitrogens is 1. The van der Waals surface area contributed by atoms with Crippen LogP contribution in [-0.2, 0) is 4.79 Å². The number of nitrogens with zero attached hydrogens (tertiary/aromatic N) is 1.